The van der Waals surface area contributed by atoms with Crippen LogP contribution in [0.25, 0.3) is 0 Å². The molecule has 0 saturated heterocycles. The summed E-state index contributed by atoms with van der Waals surface area (Å²) in [4.78, 5) is 38.4. The van der Waals surface area contributed by atoms with Crippen LogP contribution >= 0.6 is 0 Å². The van der Waals surface area contributed by atoms with Crippen molar-refractivity contribution in [3.8, 4) is 0 Å². The summed E-state index contributed by atoms with van der Waals surface area (Å²) in [5.74, 6) is -0.883. The average molecular weight is 1110 g/mol. The van der Waals surface area contributed by atoms with E-state index in [1.165, 1.54) is 231 Å². The van der Waals surface area contributed by atoms with Crippen LogP contribution in [0.1, 0.15) is 367 Å². The largest absolute Gasteiger partial charge is 0.462 e. The second-order valence-corrected chi connectivity index (χ2v) is 23.4. The molecule has 0 saturated carbocycles. The van der Waals surface area contributed by atoms with Crippen molar-refractivity contribution >= 4 is 17.9 Å². The SMILES string of the molecule is CC/C=C\C/C=C\C/C=C\C/C=C\CCCCCCC(=O)OCC(COC(=O)CCCCCCCCCCCCCCCCCCCCCCCCC)OC(=O)CCCCCCCCCCC/C=C\CCCCCCCCCC. The van der Waals surface area contributed by atoms with Crippen LogP contribution in [-0.4, -0.2) is 37.2 Å². The first kappa shape index (κ1) is 76.1. The van der Waals surface area contributed by atoms with E-state index in [1.807, 2.05) is 0 Å². The number of ether oxygens (including phenoxy) is 3. The molecule has 0 fully saturated rings. The van der Waals surface area contributed by atoms with Gasteiger partial charge < -0.3 is 14.2 Å². The van der Waals surface area contributed by atoms with Gasteiger partial charge in [-0.2, -0.15) is 0 Å². The second-order valence-electron chi connectivity index (χ2n) is 23.4. The van der Waals surface area contributed by atoms with Crippen LogP contribution in [0.2, 0.25) is 0 Å². The molecule has 0 heterocycles. The number of unbranched alkanes of at least 4 members (excludes halogenated alkanes) is 43. The van der Waals surface area contributed by atoms with Gasteiger partial charge >= 0.3 is 17.9 Å². The average Bonchev–Trinajstić information content (AvgIpc) is 3.45. The minimum Gasteiger partial charge on any atom is -0.462 e. The van der Waals surface area contributed by atoms with Crippen molar-refractivity contribution in [3.63, 3.8) is 0 Å². The monoisotopic (exact) mass is 1110 g/mol. The third-order valence-corrected chi connectivity index (χ3v) is 15.5. The second kappa shape index (κ2) is 67.6. The number of carbonyl (C=O) groups excluding carboxylic acids is 3. The summed E-state index contributed by atoms with van der Waals surface area (Å²) in [5, 5.41) is 0. The van der Waals surface area contributed by atoms with Crippen LogP contribution in [-0.2, 0) is 28.6 Å². The highest BCUT2D eigenvalue weighted by Crippen LogP contribution is 2.18. The first-order chi connectivity index (χ1) is 39.0. The molecule has 0 aliphatic carbocycles. The number of hydrogen-bond acceptors (Lipinski definition) is 6. The Morgan fingerprint density at radius 2 is 0.494 bits per heavy atom. The van der Waals surface area contributed by atoms with Gasteiger partial charge in [0.1, 0.15) is 13.2 Å². The van der Waals surface area contributed by atoms with E-state index in [1.54, 1.807) is 0 Å². The molecular formula is C73H132O6. The van der Waals surface area contributed by atoms with Crippen molar-refractivity contribution < 1.29 is 28.6 Å². The van der Waals surface area contributed by atoms with Gasteiger partial charge in [0.2, 0.25) is 0 Å². The summed E-state index contributed by atoms with van der Waals surface area (Å²) >= 11 is 0. The Bertz CT molecular complexity index is 1410. The van der Waals surface area contributed by atoms with Gasteiger partial charge in [-0.3, -0.25) is 14.4 Å². The molecule has 6 nitrogen and oxygen atoms in total. The van der Waals surface area contributed by atoms with Crippen LogP contribution in [0, 0.1) is 0 Å². The zero-order chi connectivity index (χ0) is 57.1. The Kier molecular flexibility index (Phi) is 65.1. The van der Waals surface area contributed by atoms with E-state index in [0.717, 1.165) is 96.3 Å². The number of allylic oxidation sites excluding steroid dienone is 10. The summed E-state index contributed by atoms with van der Waals surface area (Å²) in [6.07, 6.45) is 86.7. The highest BCUT2D eigenvalue weighted by molar-refractivity contribution is 5.71. The summed E-state index contributed by atoms with van der Waals surface area (Å²) < 4.78 is 17.0. The molecule has 1 atom stereocenters. The van der Waals surface area contributed by atoms with Crippen LogP contribution in [0.4, 0.5) is 0 Å². The summed E-state index contributed by atoms with van der Waals surface area (Å²) in [6, 6.07) is 0. The molecule has 0 aromatic rings. The molecule has 6 heteroatoms. The minimum atomic E-state index is -0.786. The van der Waals surface area contributed by atoms with Gasteiger partial charge in [0.25, 0.3) is 0 Å². The zero-order valence-corrected chi connectivity index (χ0v) is 52.9. The Balaban J connectivity index is 4.34. The molecule has 0 aromatic carbocycles. The lowest BCUT2D eigenvalue weighted by Gasteiger charge is -2.18. The van der Waals surface area contributed by atoms with Gasteiger partial charge in [-0.25, -0.2) is 0 Å². The Morgan fingerprint density at radius 1 is 0.266 bits per heavy atom. The van der Waals surface area contributed by atoms with E-state index < -0.39 is 6.10 Å². The van der Waals surface area contributed by atoms with Crippen molar-refractivity contribution in [2.24, 2.45) is 0 Å². The van der Waals surface area contributed by atoms with Crippen LogP contribution < -0.4 is 0 Å². The molecule has 0 aromatic heterocycles. The third-order valence-electron chi connectivity index (χ3n) is 15.5. The Morgan fingerprint density at radius 3 is 0.785 bits per heavy atom. The van der Waals surface area contributed by atoms with Crippen LogP contribution in [0.15, 0.2) is 60.8 Å². The van der Waals surface area contributed by atoms with Gasteiger partial charge in [-0.1, -0.05) is 326 Å². The predicted octanol–water partition coefficient (Wildman–Crippen LogP) is 23.9. The molecule has 0 aliphatic heterocycles. The number of rotatable bonds is 64. The molecule has 0 N–H and O–H groups in total. The fourth-order valence-electron chi connectivity index (χ4n) is 10.3. The van der Waals surface area contributed by atoms with Crippen molar-refractivity contribution in [3.05, 3.63) is 60.8 Å². The smallest absolute Gasteiger partial charge is 0.306 e. The van der Waals surface area contributed by atoms with Gasteiger partial charge in [-0.05, 0) is 83.5 Å². The fraction of sp³-hybridized carbons (Fsp3) is 0.822. The third kappa shape index (κ3) is 65.8. The lowest BCUT2D eigenvalue weighted by molar-refractivity contribution is -0.167. The zero-order valence-electron chi connectivity index (χ0n) is 52.9. The van der Waals surface area contributed by atoms with Crippen molar-refractivity contribution in [1.29, 1.82) is 0 Å². The van der Waals surface area contributed by atoms with Crippen LogP contribution in [0.5, 0.6) is 0 Å². The van der Waals surface area contributed by atoms with Gasteiger partial charge in [0, 0.05) is 19.3 Å². The first-order valence-corrected chi connectivity index (χ1v) is 34.8. The lowest BCUT2D eigenvalue weighted by Crippen LogP contribution is -2.30. The van der Waals surface area contributed by atoms with Gasteiger partial charge in [0.15, 0.2) is 6.10 Å². The maximum Gasteiger partial charge on any atom is 0.306 e. The van der Waals surface area contributed by atoms with Gasteiger partial charge in [-0.15, -0.1) is 0 Å². The van der Waals surface area contributed by atoms with Crippen LogP contribution in [0.3, 0.4) is 0 Å². The van der Waals surface area contributed by atoms with Crippen molar-refractivity contribution in [2.75, 3.05) is 13.2 Å². The molecule has 0 rings (SSSR count). The highest BCUT2D eigenvalue weighted by Gasteiger charge is 2.19. The fourth-order valence-corrected chi connectivity index (χ4v) is 10.3. The molecule has 0 amide bonds. The molecule has 0 spiro atoms. The summed E-state index contributed by atoms with van der Waals surface area (Å²) in [5.41, 5.74) is 0. The highest BCUT2D eigenvalue weighted by atomic mass is 16.6. The van der Waals surface area contributed by atoms with Crippen molar-refractivity contribution in [1.82, 2.24) is 0 Å². The quantitative estimate of drug-likeness (QED) is 0.0261. The van der Waals surface area contributed by atoms with E-state index >= 15 is 0 Å². The summed E-state index contributed by atoms with van der Waals surface area (Å²) in [6.45, 7) is 6.57. The van der Waals surface area contributed by atoms with E-state index in [9.17, 15) is 14.4 Å². The minimum absolute atomic E-state index is 0.0793. The topological polar surface area (TPSA) is 78.9 Å². The number of hydrogen-bond donors (Lipinski definition) is 0. The molecule has 0 aliphatic rings. The molecule has 79 heavy (non-hydrogen) atoms. The summed E-state index contributed by atoms with van der Waals surface area (Å²) in [7, 11) is 0. The molecule has 0 radical (unpaired) electrons. The Labute approximate surface area is 491 Å². The molecule has 460 valence electrons. The molecule has 1 unspecified atom stereocenters. The maximum atomic E-state index is 13.0. The molecular weight excluding hydrogens is 973 g/mol. The Hall–Kier alpha value is -2.89. The first-order valence-electron chi connectivity index (χ1n) is 34.8. The van der Waals surface area contributed by atoms with E-state index in [2.05, 4.69) is 81.5 Å². The van der Waals surface area contributed by atoms with E-state index in [-0.39, 0.29) is 31.1 Å². The molecule has 0 bridgehead atoms. The number of esters is 3. The van der Waals surface area contributed by atoms with Crippen molar-refractivity contribution in [2.45, 2.75) is 374 Å². The maximum absolute atomic E-state index is 13.0. The lowest BCUT2D eigenvalue weighted by atomic mass is 10.0. The van der Waals surface area contributed by atoms with E-state index in [4.69, 9.17) is 14.2 Å². The number of carbonyl (C=O) groups is 3. The van der Waals surface area contributed by atoms with Gasteiger partial charge in [0.05, 0.1) is 0 Å². The predicted molar refractivity (Wildman–Crippen MR) is 344 cm³/mol. The standard InChI is InChI=1S/C73H132O6/c1-4-7-10-13-16-19-22-25-28-31-33-35-36-38-39-42-45-48-51-54-57-60-63-66-72(75)78-69-70(68-77-71(74)65-62-59-56-53-50-47-44-41-30-27-24-21-18-15-12-9-6-3)79-73(76)67-64-61-58-55-52-49-46-43-40-37-34-32-29-26-23-20-17-14-11-8-5-2/h9,12,18,21,27,30,32,34,44,47,70H,4-8,10-11,13-17,19-20,22-26,28-29,31,33,35-43,45-46,48-69H2,1-3H3/b12-9-,21-18-,30-27-,34-32-,47-44-. The normalized spacial score (nSPS) is 12.4. The van der Waals surface area contributed by atoms with E-state index in [0.29, 0.717) is 19.3 Å².